The molecule has 8 nitrogen and oxygen atoms in total. The minimum atomic E-state index is -0.579. The number of hydrogen-bond acceptors (Lipinski definition) is 5. The summed E-state index contributed by atoms with van der Waals surface area (Å²) in [4.78, 5) is 37.8. The van der Waals surface area contributed by atoms with Crippen molar-refractivity contribution in [3.63, 3.8) is 0 Å². The number of unbranched alkanes of at least 4 members (excludes halogenated alkanes) is 6. The predicted octanol–water partition coefficient (Wildman–Crippen LogP) is 5.95. The molecule has 4 rings (SSSR count). The number of Topliss-reactive ketones (excluding diaryl/α,β-unsaturated/α-hetero) is 1. The van der Waals surface area contributed by atoms with Crippen molar-refractivity contribution in [2.24, 2.45) is 34.8 Å². The van der Waals surface area contributed by atoms with Gasteiger partial charge in [-0.3, -0.25) is 9.59 Å². The van der Waals surface area contributed by atoms with E-state index in [9.17, 15) is 14.4 Å². The first-order valence-electron chi connectivity index (χ1n) is 16.6. The lowest BCUT2D eigenvalue weighted by Crippen LogP contribution is -2.65. The molecule has 3 amide bonds. The van der Waals surface area contributed by atoms with Crippen LogP contribution in [-0.4, -0.2) is 49.0 Å². The second-order valence-electron chi connectivity index (χ2n) is 14.3. The fourth-order valence-corrected chi connectivity index (χ4v) is 7.66. The summed E-state index contributed by atoms with van der Waals surface area (Å²) < 4.78 is 13.3. The number of nitrogens with one attached hydrogen (secondary N) is 2. The monoisotopic (exact) mass is 575 g/mol. The number of urea groups is 1. The maximum absolute atomic E-state index is 13.7. The molecule has 3 aliphatic carbocycles. The van der Waals surface area contributed by atoms with E-state index < -0.39 is 19.1 Å². The molecule has 41 heavy (non-hydrogen) atoms. The molecule has 0 aromatic carbocycles. The molecule has 0 aromatic rings. The largest absolute Gasteiger partial charge is 0.481 e. The zero-order valence-corrected chi connectivity index (χ0v) is 26.8. The number of amides is 3. The predicted molar refractivity (Wildman–Crippen MR) is 164 cm³/mol. The fourth-order valence-electron chi connectivity index (χ4n) is 7.66. The van der Waals surface area contributed by atoms with Crippen molar-refractivity contribution in [3.8, 4) is 0 Å². The van der Waals surface area contributed by atoms with E-state index in [1.54, 1.807) is 0 Å². The van der Waals surface area contributed by atoms with Crippen molar-refractivity contribution in [1.82, 2.24) is 10.6 Å². The molecule has 4 N–H and O–H groups in total. The van der Waals surface area contributed by atoms with Crippen LogP contribution in [0.5, 0.6) is 0 Å². The number of carbonyl (C=O) groups excluding carboxylic acids is 3. The summed E-state index contributed by atoms with van der Waals surface area (Å²) in [6.45, 7) is 13.8. The summed E-state index contributed by atoms with van der Waals surface area (Å²) in [5.41, 5.74) is 5.13. The summed E-state index contributed by atoms with van der Waals surface area (Å²) in [6, 6.07) is -0.579. The number of carbonyl (C=O) groups is 3. The fraction of sp³-hybridized carbons (Fsp3) is 0.906. The summed E-state index contributed by atoms with van der Waals surface area (Å²) >= 11 is 0. The van der Waals surface area contributed by atoms with Crippen molar-refractivity contribution in [2.75, 3.05) is 6.54 Å². The second kappa shape index (κ2) is 15.2. The number of hydrogen-bond donors (Lipinski definition) is 3. The van der Waals surface area contributed by atoms with Gasteiger partial charge >= 0.3 is 13.1 Å². The lowest BCUT2D eigenvalue weighted by atomic mass is 9.43. The Labute approximate surface area is 249 Å². The third-order valence-corrected chi connectivity index (χ3v) is 10.3. The molecule has 1 aliphatic heterocycles. The number of rotatable bonds is 19. The highest BCUT2D eigenvalue weighted by Gasteiger charge is 2.68. The van der Waals surface area contributed by atoms with Gasteiger partial charge in [-0.2, -0.15) is 0 Å². The molecule has 4 aliphatic rings. The van der Waals surface area contributed by atoms with Gasteiger partial charge in [0.05, 0.1) is 17.6 Å². The summed E-state index contributed by atoms with van der Waals surface area (Å²) in [5.74, 6) is 0.721. The Hall–Kier alpha value is -1.61. The Morgan fingerprint density at radius 2 is 1.68 bits per heavy atom. The minimum Gasteiger partial charge on any atom is -0.404 e. The smallest absolute Gasteiger partial charge is 0.404 e. The molecule has 2 bridgehead atoms. The van der Waals surface area contributed by atoms with Crippen LogP contribution in [0.4, 0.5) is 4.79 Å². The maximum Gasteiger partial charge on any atom is 0.481 e. The summed E-state index contributed by atoms with van der Waals surface area (Å²) in [5, 5.41) is 5.86. The van der Waals surface area contributed by atoms with Crippen molar-refractivity contribution < 1.29 is 23.7 Å². The molecule has 1 heterocycles. The number of primary amides is 1. The Morgan fingerprint density at radius 3 is 2.32 bits per heavy atom. The van der Waals surface area contributed by atoms with E-state index in [0.717, 1.165) is 32.1 Å². The molecule has 4 fully saturated rings. The van der Waals surface area contributed by atoms with Crippen LogP contribution >= 0.6 is 0 Å². The van der Waals surface area contributed by atoms with E-state index in [-0.39, 0.29) is 41.2 Å². The Kier molecular flexibility index (Phi) is 12.6. The molecule has 0 spiro atoms. The highest BCUT2D eigenvalue weighted by molar-refractivity contribution is 6.47. The molecule has 0 radical (unpaired) electrons. The highest BCUT2D eigenvalue weighted by atomic mass is 16.7. The van der Waals surface area contributed by atoms with Gasteiger partial charge in [0.15, 0.2) is 0 Å². The minimum absolute atomic E-state index is 0.0510. The molecule has 9 heteroatoms. The second-order valence-corrected chi connectivity index (χ2v) is 14.3. The molecule has 234 valence electrons. The quantitative estimate of drug-likeness (QED) is 0.130. The van der Waals surface area contributed by atoms with Crippen LogP contribution in [0.3, 0.4) is 0 Å². The average molecular weight is 576 g/mol. The summed E-state index contributed by atoms with van der Waals surface area (Å²) in [7, 11) is -0.493. The molecular weight excluding hydrogens is 517 g/mol. The van der Waals surface area contributed by atoms with E-state index in [4.69, 9.17) is 15.0 Å². The van der Waals surface area contributed by atoms with Crippen LogP contribution in [0.1, 0.15) is 131 Å². The first-order valence-corrected chi connectivity index (χ1v) is 16.6. The molecule has 0 aromatic heterocycles. The van der Waals surface area contributed by atoms with Crippen molar-refractivity contribution >= 4 is 24.8 Å². The van der Waals surface area contributed by atoms with Crippen LogP contribution in [0, 0.1) is 29.1 Å². The lowest BCUT2D eigenvalue weighted by molar-refractivity contribution is -0.199. The Bertz CT molecular complexity index is 883. The van der Waals surface area contributed by atoms with Gasteiger partial charge in [0.25, 0.3) is 0 Å². The summed E-state index contributed by atoms with van der Waals surface area (Å²) in [6.07, 6.45) is 12.9. The first-order chi connectivity index (χ1) is 19.4. The highest BCUT2D eigenvalue weighted by Crippen LogP contribution is 2.65. The van der Waals surface area contributed by atoms with Crippen molar-refractivity contribution in [1.29, 1.82) is 0 Å². The van der Waals surface area contributed by atoms with Gasteiger partial charge in [-0.25, -0.2) is 4.79 Å². The molecule has 0 unspecified atom stereocenters. The van der Waals surface area contributed by atoms with Crippen LogP contribution in [0.15, 0.2) is 0 Å². The zero-order valence-electron chi connectivity index (χ0n) is 26.8. The van der Waals surface area contributed by atoms with E-state index in [1.165, 1.54) is 32.1 Å². The molecule has 6 atom stereocenters. The van der Waals surface area contributed by atoms with E-state index in [1.807, 2.05) is 0 Å². The topological polar surface area (TPSA) is 120 Å². The number of ketones is 1. The van der Waals surface area contributed by atoms with Crippen LogP contribution in [0.2, 0.25) is 0 Å². The maximum atomic E-state index is 13.7. The Balaban J connectivity index is 1.60. The van der Waals surface area contributed by atoms with E-state index in [2.05, 4.69) is 52.2 Å². The van der Waals surface area contributed by atoms with Gasteiger partial charge in [0, 0.05) is 25.3 Å². The van der Waals surface area contributed by atoms with Gasteiger partial charge in [0.1, 0.15) is 5.78 Å². The van der Waals surface area contributed by atoms with Crippen LogP contribution in [-0.2, 0) is 18.9 Å². The van der Waals surface area contributed by atoms with Gasteiger partial charge in [-0.15, -0.1) is 0 Å². The molecule has 1 saturated heterocycles. The first kappa shape index (κ1) is 33.9. The molecular formula is C32H58BN3O5. The van der Waals surface area contributed by atoms with Crippen LogP contribution in [0.25, 0.3) is 0 Å². The van der Waals surface area contributed by atoms with Crippen LogP contribution < -0.4 is 16.4 Å². The average Bonchev–Trinajstić information content (AvgIpc) is 3.26. The van der Waals surface area contributed by atoms with Gasteiger partial charge in [-0.05, 0) is 68.6 Å². The van der Waals surface area contributed by atoms with Crippen molar-refractivity contribution in [2.45, 2.75) is 149 Å². The zero-order chi connectivity index (χ0) is 30.2. The third kappa shape index (κ3) is 8.95. The van der Waals surface area contributed by atoms with Gasteiger partial charge in [0.2, 0.25) is 5.91 Å². The normalized spacial score (nSPS) is 27.6. The van der Waals surface area contributed by atoms with Gasteiger partial charge in [-0.1, -0.05) is 73.1 Å². The SMILES string of the molecule is CCCCCCCCCC(=O)C[C@@H](CCCNC(N)=O)C(=O)N[C@@H](CC(C)C)B1O[C@@H]2C[C@H]3C[C@H](C3(C)C)[C@]2(C)O1. The number of nitrogens with two attached hydrogens (primary N) is 1. The molecule has 3 saturated carbocycles. The standard InChI is InChI=1S/C32H58BN3O5/c1-7-8-9-10-11-12-13-16-25(37)19-23(15-14-17-35-30(34)39)29(38)36-28(18-22(2)3)33-40-27-21-24-20-26(31(24,4)5)32(27,6)41-33/h22-24,26-28H,7-21H2,1-6H3,(H,36,38)(H3,34,35,39)/t23-,24-,26-,27-,28+,32+/m1/s1. The Morgan fingerprint density at radius 1 is 1.00 bits per heavy atom. The van der Waals surface area contributed by atoms with Gasteiger partial charge < -0.3 is 25.7 Å². The van der Waals surface area contributed by atoms with E-state index >= 15 is 0 Å². The van der Waals surface area contributed by atoms with E-state index in [0.29, 0.717) is 43.6 Å². The lowest BCUT2D eigenvalue weighted by Gasteiger charge is -2.64. The third-order valence-electron chi connectivity index (χ3n) is 10.3. The van der Waals surface area contributed by atoms with Crippen molar-refractivity contribution in [3.05, 3.63) is 0 Å².